The van der Waals surface area contributed by atoms with Crippen LogP contribution >= 0.6 is 0 Å². The molecule has 0 aromatic rings. The maximum atomic E-state index is 6.16. The van der Waals surface area contributed by atoms with Crippen molar-refractivity contribution in [1.29, 1.82) is 0 Å². The average molecular weight is 239 g/mol. The lowest BCUT2D eigenvalue weighted by atomic mass is 9.82. The molecule has 1 aliphatic heterocycles. The van der Waals surface area contributed by atoms with E-state index in [9.17, 15) is 0 Å². The molecule has 1 heterocycles. The predicted octanol–water partition coefficient (Wildman–Crippen LogP) is 1.53. The fourth-order valence-corrected chi connectivity index (χ4v) is 3.28. The summed E-state index contributed by atoms with van der Waals surface area (Å²) in [6, 6.07) is 0.667. The predicted molar refractivity (Wildman–Crippen MR) is 73.1 cm³/mol. The summed E-state index contributed by atoms with van der Waals surface area (Å²) in [4.78, 5) is 5.16. The highest BCUT2D eigenvalue weighted by molar-refractivity contribution is 4.99. The topological polar surface area (TPSA) is 32.5 Å². The Kier molecular flexibility index (Phi) is 4.11. The van der Waals surface area contributed by atoms with Crippen LogP contribution in [0.5, 0.6) is 0 Å². The second kappa shape index (κ2) is 5.25. The lowest BCUT2D eigenvalue weighted by Gasteiger charge is -2.50. The molecule has 0 bridgehead atoms. The van der Waals surface area contributed by atoms with Crippen molar-refractivity contribution in [2.75, 3.05) is 33.2 Å². The summed E-state index contributed by atoms with van der Waals surface area (Å²) < 4.78 is 0. The molecule has 100 valence electrons. The van der Waals surface area contributed by atoms with Gasteiger partial charge in [-0.2, -0.15) is 0 Å². The van der Waals surface area contributed by atoms with Crippen molar-refractivity contribution in [3.8, 4) is 0 Å². The molecule has 2 unspecified atom stereocenters. The van der Waals surface area contributed by atoms with E-state index in [0.717, 1.165) is 19.0 Å². The quantitative estimate of drug-likeness (QED) is 0.790. The molecule has 0 amide bonds. The van der Waals surface area contributed by atoms with Crippen molar-refractivity contribution >= 4 is 0 Å². The largest absolute Gasteiger partial charge is 0.329 e. The molecule has 1 saturated heterocycles. The van der Waals surface area contributed by atoms with Crippen LogP contribution in [0.25, 0.3) is 0 Å². The van der Waals surface area contributed by atoms with Crippen LogP contribution in [-0.4, -0.2) is 54.6 Å². The van der Waals surface area contributed by atoms with Crippen LogP contribution in [0.15, 0.2) is 0 Å². The van der Waals surface area contributed by atoms with Gasteiger partial charge in [0.15, 0.2) is 0 Å². The van der Waals surface area contributed by atoms with E-state index < -0.39 is 0 Å². The zero-order valence-corrected chi connectivity index (χ0v) is 11.8. The van der Waals surface area contributed by atoms with Crippen LogP contribution in [-0.2, 0) is 0 Å². The van der Waals surface area contributed by atoms with Gasteiger partial charge < -0.3 is 10.6 Å². The van der Waals surface area contributed by atoms with Gasteiger partial charge in [0.2, 0.25) is 0 Å². The number of likely N-dealkylation sites (tertiary alicyclic amines) is 1. The Morgan fingerprint density at radius 2 is 2.12 bits per heavy atom. The number of nitrogens with zero attached hydrogens (tertiary/aromatic N) is 2. The summed E-state index contributed by atoms with van der Waals surface area (Å²) in [5, 5.41) is 0. The normalized spacial score (nSPS) is 35.5. The summed E-state index contributed by atoms with van der Waals surface area (Å²) in [7, 11) is 2.24. The smallest absolute Gasteiger partial charge is 0.0358 e. The van der Waals surface area contributed by atoms with Gasteiger partial charge in [-0.15, -0.1) is 0 Å². The van der Waals surface area contributed by atoms with Gasteiger partial charge in [-0.05, 0) is 58.7 Å². The molecule has 0 radical (unpaired) electrons. The monoisotopic (exact) mass is 239 g/mol. The number of hydrogen-bond acceptors (Lipinski definition) is 3. The van der Waals surface area contributed by atoms with E-state index in [-0.39, 0.29) is 5.54 Å². The zero-order chi connectivity index (χ0) is 12.5. The standard InChI is InChI=1S/C14H29N3/c1-4-17(10-13-5-6-13)14(11-15)7-8-16(3)12(2)9-14/h12-13H,4-11,15H2,1-3H3. The highest BCUT2D eigenvalue weighted by Crippen LogP contribution is 2.36. The summed E-state index contributed by atoms with van der Waals surface area (Å²) in [5.41, 5.74) is 6.44. The van der Waals surface area contributed by atoms with Gasteiger partial charge in [0.1, 0.15) is 0 Å². The second-order valence-electron chi connectivity index (χ2n) is 6.19. The third-order valence-electron chi connectivity index (χ3n) is 4.97. The van der Waals surface area contributed by atoms with E-state index in [1.807, 2.05) is 0 Å². The summed E-state index contributed by atoms with van der Waals surface area (Å²) in [6.45, 7) is 9.09. The van der Waals surface area contributed by atoms with Crippen LogP contribution < -0.4 is 5.73 Å². The summed E-state index contributed by atoms with van der Waals surface area (Å²) >= 11 is 0. The fourth-order valence-electron chi connectivity index (χ4n) is 3.28. The van der Waals surface area contributed by atoms with Gasteiger partial charge in [0.25, 0.3) is 0 Å². The van der Waals surface area contributed by atoms with Crippen LogP contribution in [0.1, 0.15) is 39.5 Å². The lowest BCUT2D eigenvalue weighted by Crippen LogP contribution is -2.61. The Morgan fingerprint density at radius 3 is 2.59 bits per heavy atom. The Bertz CT molecular complexity index is 252. The van der Waals surface area contributed by atoms with Crippen molar-refractivity contribution in [2.45, 2.75) is 51.1 Å². The first-order chi connectivity index (χ1) is 8.11. The number of hydrogen-bond donors (Lipinski definition) is 1. The van der Waals surface area contributed by atoms with Crippen LogP contribution in [0.2, 0.25) is 0 Å². The zero-order valence-electron chi connectivity index (χ0n) is 11.8. The summed E-state index contributed by atoms with van der Waals surface area (Å²) in [5.74, 6) is 0.966. The maximum Gasteiger partial charge on any atom is 0.0358 e. The second-order valence-corrected chi connectivity index (χ2v) is 6.19. The van der Waals surface area contributed by atoms with Crippen molar-refractivity contribution in [3.05, 3.63) is 0 Å². The summed E-state index contributed by atoms with van der Waals surface area (Å²) in [6.07, 6.45) is 5.35. The van der Waals surface area contributed by atoms with Gasteiger partial charge in [-0.1, -0.05) is 6.92 Å². The van der Waals surface area contributed by atoms with E-state index in [0.29, 0.717) is 6.04 Å². The van der Waals surface area contributed by atoms with Gasteiger partial charge >= 0.3 is 0 Å². The molecule has 1 saturated carbocycles. The van der Waals surface area contributed by atoms with Crippen molar-refractivity contribution in [3.63, 3.8) is 0 Å². The van der Waals surface area contributed by atoms with E-state index in [1.54, 1.807) is 0 Å². The fraction of sp³-hybridized carbons (Fsp3) is 1.00. The van der Waals surface area contributed by atoms with Crippen molar-refractivity contribution in [1.82, 2.24) is 9.80 Å². The highest BCUT2D eigenvalue weighted by atomic mass is 15.2. The van der Waals surface area contributed by atoms with Gasteiger partial charge in [-0.3, -0.25) is 4.90 Å². The number of likely N-dealkylation sites (N-methyl/N-ethyl adjacent to an activating group) is 1. The molecule has 2 aliphatic rings. The molecule has 0 aromatic carbocycles. The Morgan fingerprint density at radius 1 is 1.41 bits per heavy atom. The van der Waals surface area contributed by atoms with Crippen molar-refractivity contribution in [2.24, 2.45) is 11.7 Å². The van der Waals surface area contributed by atoms with Crippen LogP contribution in [0, 0.1) is 5.92 Å². The maximum absolute atomic E-state index is 6.16. The third kappa shape index (κ3) is 2.83. The number of piperidine rings is 1. The Labute approximate surface area is 106 Å². The SMILES string of the molecule is CCN(CC1CC1)C1(CN)CCN(C)C(C)C1. The molecule has 2 fully saturated rings. The molecular weight excluding hydrogens is 210 g/mol. The molecule has 17 heavy (non-hydrogen) atoms. The highest BCUT2D eigenvalue weighted by Gasteiger charge is 2.41. The van der Waals surface area contributed by atoms with E-state index in [1.165, 1.54) is 38.8 Å². The van der Waals surface area contributed by atoms with Crippen LogP contribution in [0.3, 0.4) is 0 Å². The molecule has 0 aromatic heterocycles. The molecule has 2 atom stereocenters. The molecular formula is C14H29N3. The van der Waals surface area contributed by atoms with Crippen LogP contribution in [0.4, 0.5) is 0 Å². The average Bonchev–Trinajstić information content (AvgIpc) is 3.14. The Hall–Kier alpha value is -0.120. The molecule has 2 N–H and O–H groups in total. The first-order valence-corrected chi connectivity index (χ1v) is 7.26. The van der Waals surface area contributed by atoms with Crippen molar-refractivity contribution < 1.29 is 0 Å². The minimum absolute atomic E-state index is 0.281. The van der Waals surface area contributed by atoms with Gasteiger partial charge in [-0.25, -0.2) is 0 Å². The molecule has 2 rings (SSSR count). The molecule has 0 spiro atoms. The van der Waals surface area contributed by atoms with E-state index in [2.05, 4.69) is 30.7 Å². The molecule has 3 heteroatoms. The van der Waals surface area contributed by atoms with Gasteiger partial charge in [0, 0.05) is 24.7 Å². The van der Waals surface area contributed by atoms with E-state index in [4.69, 9.17) is 5.73 Å². The first-order valence-electron chi connectivity index (χ1n) is 7.26. The number of rotatable bonds is 5. The minimum Gasteiger partial charge on any atom is -0.329 e. The Balaban J connectivity index is 2.05. The van der Waals surface area contributed by atoms with Gasteiger partial charge in [0.05, 0.1) is 0 Å². The van der Waals surface area contributed by atoms with E-state index >= 15 is 0 Å². The molecule has 1 aliphatic carbocycles. The lowest BCUT2D eigenvalue weighted by molar-refractivity contribution is 0.0106. The first kappa shape index (κ1) is 13.3. The molecule has 3 nitrogen and oxygen atoms in total. The third-order valence-corrected chi connectivity index (χ3v) is 4.97. The minimum atomic E-state index is 0.281. The number of nitrogens with two attached hydrogens (primary N) is 1.